The average molecular weight is 298 g/mol. The lowest BCUT2D eigenvalue weighted by Crippen LogP contribution is -2.41. The van der Waals surface area contributed by atoms with E-state index < -0.39 is 0 Å². The van der Waals surface area contributed by atoms with Crippen molar-refractivity contribution in [3.05, 3.63) is 35.4 Å². The molecule has 0 spiro atoms. The van der Waals surface area contributed by atoms with Gasteiger partial charge in [-0.1, -0.05) is 57.9 Å². The maximum atomic E-state index is 12.7. The number of ketones is 2. The highest BCUT2D eigenvalue weighted by atomic mass is 16.2. The molecular weight excluding hydrogens is 272 g/mol. The van der Waals surface area contributed by atoms with Gasteiger partial charge < -0.3 is 0 Å². The normalized spacial score (nSPS) is 29.3. The Balaban J connectivity index is 2.17. The molecule has 2 aliphatic carbocycles. The molecule has 1 aromatic carbocycles. The van der Waals surface area contributed by atoms with Gasteiger partial charge in [-0.25, -0.2) is 0 Å². The molecule has 3 atom stereocenters. The molecule has 0 saturated heterocycles. The Bertz CT molecular complexity index is 594. The van der Waals surface area contributed by atoms with Gasteiger partial charge in [0.05, 0.1) is 0 Å². The summed E-state index contributed by atoms with van der Waals surface area (Å²) in [4.78, 5) is 25.1. The summed E-state index contributed by atoms with van der Waals surface area (Å²) in [7, 11) is 0. The number of hydrogen-bond donors (Lipinski definition) is 0. The van der Waals surface area contributed by atoms with Crippen molar-refractivity contribution in [2.75, 3.05) is 0 Å². The van der Waals surface area contributed by atoms with E-state index in [4.69, 9.17) is 0 Å². The minimum Gasteiger partial charge on any atom is -0.291 e. The van der Waals surface area contributed by atoms with Gasteiger partial charge >= 0.3 is 0 Å². The highest BCUT2D eigenvalue weighted by Gasteiger charge is 2.45. The molecule has 2 aliphatic rings. The van der Waals surface area contributed by atoms with Crippen molar-refractivity contribution < 1.29 is 9.59 Å². The number of benzene rings is 1. The van der Waals surface area contributed by atoms with Crippen LogP contribution < -0.4 is 0 Å². The standard InChI is InChI=1S/C20H26O2/c1-20(2,3)18-14-9-5-4-8-13(14)12-17(21)19(22)16-11-7-6-10-15(16)18/h4-5,8-9,15-16,18H,6-7,10-12H2,1-3H3. The summed E-state index contributed by atoms with van der Waals surface area (Å²) in [6.45, 7) is 6.82. The predicted molar refractivity (Wildman–Crippen MR) is 87.8 cm³/mol. The van der Waals surface area contributed by atoms with Crippen LogP contribution in [0.2, 0.25) is 0 Å². The molecule has 0 bridgehead atoms. The zero-order valence-electron chi connectivity index (χ0n) is 13.9. The summed E-state index contributed by atoms with van der Waals surface area (Å²) < 4.78 is 0. The number of rotatable bonds is 0. The Hall–Kier alpha value is -1.44. The molecule has 22 heavy (non-hydrogen) atoms. The van der Waals surface area contributed by atoms with Gasteiger partial charge in [0.15, 0.2) is 0 Å². The first-order valence-electron chi connectivity index (χ1n) is 8.54. The van der Waals surface area contributed by atoms with Gasteiger partial charge in [-0.3, -0.25) is 9.59 Å². The van der Waals surface area contributed by atoms with Crippen LogP contribution in [0.4, 0.5) is 0 Å². The fraction of sp³-hybridized carbons (Fsp3) is 0.600. The zero-order valence-corrected chi connectivity index (χ0v) is 13.9. The molecule has 2 nitrogen and oxygen atoms in total. The molecule has 1 fully saturated rings. The third-order valence-electron chi connectivity index (χ3n) is 5.53. The third-order valence-corrected chi connectivity index (χ3v) is 5.53. The molecule has 2 heteroatoms. The second-order valence-corrected chi connectivity index (χ2v) is 8.06. The van der Waals surface area contributed by atoms with Gasteiger partial charge in [0.25, 0.3) is 0 Å². The van der Waals surface area contributed by atoms with Crippen molar-refractivity contribution in [3.8, 4) is 0 Å². The molecule has 3 rings (SSSR count). The molecule has 0 amide bonds. The molecule has 0 aliphatic heterocycles. The maximum Gasteiger partial charge on any atom is 0.203 e. The second-order valence-electron chi connectivity index (χ2n) is 8.06. The third kappa shape index (κ3) is 2.64. The van der Waals surface area contributed by atoms with Gasteiger partial charge in [0.1, 0.15) is 0 Å². The lowest BCUT2D eigenvalue weighted by Gasteiger charge is -2.44. The smallest absolute Gasteiger partial charge is 0.203 e. The first-order valence-corrected chi connectivity index (χ1v) is 8.54. The quantitative estimate of drug-likeness (QED) is 0.669. The number of carbonyl (C=O) groups is 2. The molecule has 3 unspecified atom stereocenters. The Morgan fingerprint density at radius 3 is 2.41 bits per heavy atom. The van der Waals surface area contributed by atoms with Crippen LogP contribution in [0, 0.1) is 17.3 Å². The zero-order chi connectivity index (χ0) is 15.9. The Kier molecular flexibility index (Phi) is 3.96. The predicted octanol–water partition coefficient (Wildman–Crippen LogP) is 4.32. The lowest BCUT2D eigenvalue weighted by molar-refractivity contribution is -0.141. The number of Topliss-reactive ketones (excluding diaryl/α,β-unsaturated/α-hetero) is 2. The SMILES string of the molecule is CC(C)(C)C1c2ccccc2CC(=O)C(=O)C2CCCCC21. The van der Waals surface area contributed by atoms with Crippen LogP contribution in [-0.4, -0.2) is 11.6 Å². The van der Waals surface area contributed by atoms with Crippen molar-refractivity contribution in [3.63, 3.8) is 0 Å². The van der Waals surface area contributed by atoms with Crippen LogP contribution in [0.5, 0.6) is 0 Å². The summed E-state index contributed by atoms with van der Waals surface area (Å²) in [6.07, 6.45) is 4.50. The van der Waals surface area contributed by atoms with Crippen LogP contribution in [0.15, 0.2) is 24.3 Å². The Labute approximate surface area is 133 Å². The maximum absolute atomic E-state index is 12.7. The van der Waals surface area contributed by atoms with E-state index in [1.54, 1.807) is 0 Å². The van der Waals surface area contributed by atoms with Crippen LogP contribution in [0.3, 0.4) is 0 Å². The molecular formula is C20H26O2. The number of carbonyl (C=O) groups excluding carboxylic acids is 2. The van der Waals surface area contributed by atoms with Crippen LogP contribution in [0.25, 0.3) is 0 Å². The molecule has 0 aromatic heterocycles. The first kappa shape index (κ1) is 15.5. The van der Waals surface area contributed by atoms with E-state index in [-0.39, 0.29) is 29.3 Å². The fourth-order valence-electron chi connectivity index (χ4n) is 4.69. The lowest BCUT2D eigenvalue weighted by atomic mass is 9.59. The van der Waals surface area contributed by atoms with E-state index in [1.165, 1.54) is 12.0 Å². The van der Waals surface area contributed by atoms with Crippen molar-refractivity contribution >= 4 is 11.6 Å². The minimum absolute atomic E-state index is 0.0566. The van der Waals surface area contributed by atoms with Crippen LogP contribution in [-0.2, 0) is 16.0 Å². The average Bonchev–Trinajstić information content (AvgIpc) is 2.46. The highest BCUT2D eigenvalue weighted by molar-refractivity contribution is 6.38. The molecule has 0 N–H and O–H groups in total. The van der Waals surface area contributed by atoms with Gasteiger partial charge in [-0.05, 0) is 41.2 Å². The van der Waals surface area contributed by atoms with E-state index in [2.05, 4.69) is 32.9 Å². The van der Waals surface area contributed by atoms with E-state index in [9.17, 15) is 9.59 Å². The van der Waals surface area contributed by atoms with E-state index >= 15 is 0 Å². The summed E-state index contributed by atoms with van der Waals surface area (Å²) in [5, 5.41) is 0. The van der Waals surface area contributed by atoms with Crippen LogP contribution >= 0.6 is 0 Å². The van der Waals surface area contributed by atoms with Crippen molar-refractivity contribution in [1.82, 2.24) is 0 Å². The van der Waals surface area contributed by atoms with E-state index in [0.29, 0.717) is 11.8 Å². The fourth-order valence-corrected chi connectivity index (χ4v) is 4.69. The number of fused-ring (bicyclic) bond motifs is 2. The van der Waals surface area contributed by atoms with Gasteiger partial charge in [-0.2, -0.15) is 0 Å². The summed E-state index contributed by atoms with van der Waals surface area (Å²) in [5.41, 5.74) is 2.45. The van der Waals surface area contributed by atoms with Gasteiger partial charge in [0, 0.05) is 12.3 Å². The number of hydrogen-bond acceptors (Lipinski definition) is 2. The topological polar surface area (TPSA) is 34.1 Å². The molecule has 0 radical (unpaired) electrons. The van der Waals surface area contributed by atoms with Crippen molar-refractivity contribution in [2.45, 2.75) is 58.8 Å². The van der Waals surface area contributed by atoms with Crippen molar-refractivity contribution in [2.24, 2.45) is 17.3 Å². The molecule has 118 valence electrons. The molecule has 0 heterocycles. The van der Waals surface area contributed by atoms with E-state index in [0.717, 1.165) is 24.8 Å². The Morgan fingerprint density at radius 1 is 1.00 bits per heavy atom. The minimum atomic E-state index is -0.184. The first-order chi connectivity index (χ1) is 10.4. The second kappa shape index (κ2) is 5.64. The largest absolute Gasteiger partial charge is 0.291 e. The van der Waals surface area contributed by atoms with E-state index in [1.807, 2.05) is 12.1 Å². The molecule has 1 aromatic rings. The molecule has 1 saturated carbocycles. The van der Waals surface area contributed by atoms with Crippen molar-refractivity contribution in [1.29, 1.82) is 0 Å². The monoisotopic (exact) mass is 298 g/mol. The summed E-state index contributed by atoms with van der Waals surface area (Å²) in [5.74, 6) is 0.321. The Morgan fingerprint density at radius 2 is 1.68 bits per heavy atom. The highest BCUT2D eigenvalue weighted by Crippen LogP contribution is 2.50. The van der Waals surface area contributed by atoms with Gasteiger partial charge in [0.2, 0.25) is 11.6 Å². The van der Waals surface area contributed by atoms with Crippen LogP contribution in [0.1, 0.15) is 63.5 Å². The van der Waals surface area contributed by atoms with Gasteiger partial charge in [-0.15, -0.1) is 0 Å². The summed E-state index contributed by atoms with van der Waals surface area (Å²) >= 11 is 0. The summed E-state index contributed by atoms with van der Waals surface area (Å²) in [6, 6.07) is 8.27.